The molecule has 4 aliphatic rings. The summed E-state index contributed by atoms with van der Waals surface area (Å²) in [5.74, 6) is 5.18. The highest BCUT2D eigenvalue weighted by Gasteiger charge is 2.62. The maximum atomic E-state index is 12.3. The van der Waals surface area contributed by atoms with Crippen molar-refractivity contribution in [1.29, 1.82) is 0 Å². The van der Waals surface area contributed by atoms with Gasteiger partial charge in [0.25, 0.3) is 10.1 Å². The van der Waals surface area contributed by atoms with E-state index in [0.29, 0.717) is 29.1 Å². The van der Waals surface area contributed by atoms with Crippen LogP contribution in [0, 0.1) is 52.3 Å². The fourth-order valence-corrected chi connectivity index (χ4v) is 10.4. The van der Waals surface area contributed by atoms with E-state index in [4.69, 9.17) is 4.55 Å². The molecule has 0 spiro atoms. The number of hydrogen-bond donors (Lipinski definition) is 2. The predicted octanol–water partition coefficient (Wildman–Crippen LogP) is 6.48. The van der Waals surface area contributed by atoms with Crippen LogP contribution in [-0.2, 0) is 14.9 Å². The second-order valence-corrected chi connectivity index (χ2v) is 15.0. The molecule has 6 heteroatoms. The largest absolute Gasteiger partial charge is 0.355 e. The Hall–Kier alpha value is -0.620. The molecule has 4 saturated carbocycles. The fraction of sp³-hybridized carbons (Fsp3) is 0.966. The van der Waals surface area contributed by atoms with Crippen molar-refractivity contribution in [2.24, 2.45) is 52.3 Å². The predicted molar refractivity (Wildman–Crippen MR) is 141 cm³/mol. The second-order valence-electron chi connectivity index (χ2n) is 13.4. The average Bonchev–Trinajstić information content (AvgIpc) is 3.14. The van der Waals surface area contributed by atoms with Gasteiger partial charge in [-0.1, -0.05) is 53.4 Å². The lowest BCUT2D eigenvalue weighted by Crippen LogP contribution is -2.56. The van der Waals surface area contributed by atoms with Gasteiger partial charge in [0.2, 0.25) is 5.91 Å². The van der Waals surface area contributed by atoms with Gasteiger partial charge >= 0.3 is 0 Å². The minimum atomic E-state index is -4.03. The summed E-state index contributed by atoms with van der Waals surface area (Å²) in [6.45, 7) is 9.99. The van der Waals surface area contributed by atoms with Gasteiger partial charge in [-0.25, -0.2) is 0 Å². The quantitative estimate of drug-likeness (QED) is 0.348. The number of carbonyl (C=O) groups excluding carboxylic acids is 1. The molecule has 4 rings (SSSR count). The number of nitrogens with one attached hydrogen (secondary N) is 1. The summed E-state index contributed by atoms with van der Waals surface area (Å²) < 4.78 is 30.6. The molecule has 0 bridgehead atoms. The molecular weight excluding hydrogens is 458 g/mol. The van der Waals surface area contributed by atoms with E-state index in [1.54, 1.807) is 0 Å². The fourth-order valence-electron chi connectivity index (χ4n) is 10.1. The molecule has 0 saturated heterocycles. The number of rotatable bonds is 9. The number of carbonyl (C=O) groups is 1. The first-order valence-electron chi connectivity index (χ1n) is 14.7. The Balaban J connectivity index is 1.42. The molecule has 0 unspecified atom stereocenters. The first-order valence-corrected chi connectivity index (χ1v) is 16.3. The van der Waals surface area contributed by atoms with E-state index in [-0.39, 0.29) is 12.5 Å². The molecule has 35 heavy (non-hydrogen) atoms. The minimum Gasteiger partial charge on any atom is -0.355 e. The van der Waals surface area contributed by atoms with Crippen LogP contribution in [0.15, 0.2) is 0 Å². The normalized spacial score (nSPS) is 42.0. The molecule has 1 amide bonds. The van der Waals surface area contributed by atoms with Gasteiger partial charge in [-0.3, -0.25) is 9.35 Å². The van der Waals surface area contributed by atoms with E-state index in [1.807, 2.05) is 0 Å². The van der Waals surface area contributed by atoms with Crippen LogP contribution >= 0.6 is 0 Å². The Bertz CT molecular complexity index is 859. The Labute approximate surface area is 214 Å². The molecule has 9 atom stereocenters. The van der Waals surface area contributed by atoms with E-state index in [9.17, 15) is 13.2 Å². The molecule has 5 nitrogen and oxygen atoms in total. The van der Waals surface area contributed by atoms with Crippen molar-refractivity contribution in [2.45, 2.75) is 111 Å². The third kappa shape index (κ3) is 5.49. The SMILES string of the molecule is CCC[C@H]1C[C@@H]2CCCC[C@]2(C)[C@H]2CC[C@]3(C)[C@@H]([C@H](C)CCC(=O)NCCS(=O)(=O)O)CC[C@H]3[C@H]12. The maximum absolute atomic E-state index is 12.3. The van der Waals surface area contributed by atoms with Gasteiger partial charge < -0.3 is 5.32 Å². The topological polar surface area (TPSA) is 83.5 Å². The second kappa shape index (κ2) is 10.6. The minimum absolute atomic E-state index is 0.0170. The number of fused-ring (bicyclic) bond motifs is 5. The van der Waals surface area contributed by atoms with Gasteiger partial charge in [0.15, 0.2) is 0 Å². The summed E-state index contributed by atoms with van der Waals surface area (Å²) in [5.41, 5.74) is 0.963. The molecule has 0 aromatic carbocycles. The van der Waals surface area contributed by atoms with Gasteiger partial charge in [0.05, 0.1) is 5.75 Å². The first-order chi connectivity index (χ1) is 16.5. The van der Waals surface area contributed by atoms with E-state index in [0.717, 1.165) is 36.0 Å². The van der Waals surface area contributed by atoms with Crippen LogP contribution in [0.5, 0.6) is 0 Å². The molecule has 0 radical (unpaired) electrons. The Morgan fingerprint density at radius 3 is 2.51 bits per heavy atom. The zero-order valence-electron chi connectivity index (χ0n) is 22.7. The highest BCUT2D eigenvalue weighted by atomic mass is 32.2. The van der Waals surface area contributed by atoms with Gasteiger partial charge in [0, 0.05) is 13.0 Å². The van der Waals surface area contributed by atoms with Crippen LogP contribution in [-0.4, -0.2) is 31.2 Å². The monoisotopic (exact) mass is 509 g/mol. The number of amides is 1. The standard InChI is InChI=1S/C29H51NO4S/c1-5-8-21-19-22-9-6-7-15-28(22,3)25-14-16-29(4)23(11-12-24(29)27(21)25)20(2)10-13-26(31)30-17-18-35(32,33)34/h20-25,27H,5-19H2,1-4H3,(H,30,31)(H,32,33,34)/t20-,21+,22+,23-,24+,25+,27+,28+,29-/m1/s1. The summed E-state index contributed by atoms with van der Waals surface area (Å²) in [4.78, 5) is 12.3. The lowest BCUT2D eigenvalue weighted by Gasteiger charge is -2.63. The lowest BCUT2D eigenvalue weighted by molar-refractivity contribution is -0.142. The molecule has 4 aliphatic carbocycles. The summed E-state index contributed by atoms with van der Waals surface area (Å²) in [5, 5.41) is 2.66. The highest BCUT2D eigenvalue weighted by molar-refractivity contribution is 7.85. The smallest absolute Gasteiger partial charge is 0.266 e. The van der Waals surface area contributed by atoms with Crippen molar-refractivity contribution in [1.82, 2.24) is 5.32 Å². The lowest BCUT2D eigenvalue weighted by atomic mass is 9.42. The van der Waals surface area contributed by atoms with Gasteiger partial charge in [-0.2, -0.15) is 8.42 Å². The van der Waals surface area contributed by atoms with Crippen LogP contribution in [0.4, 0.5) is 0 Å². The third-order valence-corrected chi connectivity index (χ3v) is 12.4. The van der Waals surface area contributed by atoms with Gasteiger partial charge in [0.1, 0.15) is 0 Å². The molecule has 0 aromatic rings. The zero-order valence-corrected chi connectivity index (χ0v) is 23.5. The molecule has 0 aromatic heterocycles. The van der Waals surface area contributed by atoms with Crippen molar-refractivity contribution in [2.75, 3.05) is 12.3 Å². The van der Waals surface area contributed by atoms with Crippen LogP contribution in [0.3, 0.4) is 0 Å². The van der Waals surface area contributed by atoms with Crippen molar-refractivity contribution in [3.05, 3.63) is 0 Å². The molecule has 0 aliphatic heterocycles. The van der Waals surface area contributed by atoms with Crippen molar-refractivity contribution < 1.29 is 17.8 Å². The van der Waals surface area contributed by atoms with E-state index >= 15 is 0 Å². The molecule has 4 fully saturated rings. The third-order valence-electron chi connectivity index (χ3n) is 11.7. The summed E-state index contributed by atoms with van der Waals surface area (Å²) in [6.07, 6.45) is 16.7. The zero-order chi connectivity index (χ0) is 25.4. The summed E-state index contributed by atoms with van der Waals surface area (Å²) in [7, 11) is -4.03. The van der Waals surface area contributed by atoms with E-state index in [2.05, 4.69) is 33.0 Å². The average molecular weight is 510 g/mol. The van der Waals surface area contributed by atoms with Crippen LogP contribution in [0.1, 0.15) is 111 Å². The van der Waals surface area contributed by atoms with E-state index < -0.39 is 15.9 Å². The van der Waals surface area contributed by atoms with Crippen molar-refractivity contribution in [3.63, 3.8) is 0 Å². The summed E-state index contributed by atoms with van der Waals surface area (Å²) >= 11 is 0. The van der Waals surface area contributed by atoms with Crippen LogP contribution in [0.25, 0.3) is 0 Å². The van der Waals surface area contributed by atoms with Crippen molar-refractivity contribution >= 4 is 16.0 Å². The molecule has 0 heterocycles. The van der Waals surface area contributed by atoms with Crippen molar-refractivity contribution in [3.8, 4) is 0 Å². The maximum Gasteiger partial charge on any atom is 0.266 e. The Morgan fingerprint density at radius 2 is 1.80 bits per heavy atom. The van der Waals surface area contributed by atoms with Gasteiger partial charge in [-0.15, -0.1) is 0 Å². The Kier molecular flexibility index (Phi) is 8.33. The van der Waals surface area contributed by atoms with Crippen LogP contribution in [0.2, 0.25) is 0 Å². The van der Waals surface area contributed by atoms with Crippen LogP contribution < -0.4 is 5.32 Å². The molecule has 2 N–H and O–H groups in total. The van der Waals surface area contributed by atoms with Gasteiger partial charge in [-0.05, 0) is 104 Å². The molecule has 202 valence electrons. The number of hydrogen-bond acceptors (Lipinski definition) is 3. The summed E-state index contributed by atoms with van der Waals surface area (Å²) in [6, 6.07) is 0. The first kappa shape index (κ1) is 27.4. The van der Waals surface area contributed by atoms with E-state index in [1.165, 1.54) is 70.6 Å². The highest BCUT2D eigenvalue weighted by Crippen LogP contribution is 2.70. The Morgan fingerprint density at radius 1 is 1.06 bits per heavy atom. The molecular formula is C29H51NO4S.